The minimum absolute atomic E-state index is 0.0493. The van der Waals surface area contributed by atoms with E-state index in [1.165, 1.54) is 12.8 Å². The highest BCUT2D eigenvalue weighted by molar-refractivity contribution is 6.23. The number of hydrogen-bond acceptors (Lipinski definition) is 8. The average molecular weight is 639 g/mol. The molecule has 8 aliphatic rings. The molecule has 44 heavy (non-hydrogen) atoms. The third-order valence-electron chi connectivity index (χ3n) is 15.9. The van der Waals surface area contributed by atoms with Crippen LogP contribution in [0.1, 0.15) is 99.8 Å². The summed E-state index contributed by atoms with van der Waals surface area (Å²) in [6.07, 6.45) is 2.63. The lowest BCUT2D eigenvalue weighted by Gasteiger charge is -2.63. The second-order valence-corrected chi connectivity index (χ2v) is 19.2. The van der Waals surface area contributed by atoms with Crippen molar-refractivity contribution in [3.63, 3.8) is 0 Å². The topological polar surface area (TPSA) is 118 Å². The Morgan fingerprint density at radius 2 is 1.55 bits per heavy atom. The lowest BCUT2D eigenvalue weighted by molar-refractivity contribution is -0.303. The van der Waals surface area contributed by atoms with E-state index in [0.29, 0.717) is 17.8 Å². The van der Waals surface area contributed by atoms with E-state index in [1.807, 2.05) is 13.8 Å². The van der Waals surface area contributed by atoms with Crippen molar-refractivity contribution in [2.24, 2.45) is 50.7 Å². The van der Waals surface area contributed by atoms with Crippen LogP contribution in [0, 0.1) is 50.7 Å². The minimum Gasteiger partial charge on any atom is -0.388 e. The number of fused-ring (bicyclic) bond motifs is 4. The smallest absolute Gasteiger partial charge is 0.199 e. The summed E-state index contributed by atoms with van der Waals surface area (Å²) in [5, 5.41) is 43.5. The van der Waals surface area contributed by atoms with Crippen LogP contribution in [-0.4, -0.2) is 86.7 Å². The highest BCUT2D eigenvalue weighted by atomic mass is 35.5. The molecule has 5 aliphatic carbocycles. The molecule has 3 saturated heterocycles. The van der Waals surface area contributed by atoms with Crippen LogP contribution in [0.25, 0.3) is 0 Å². The molecule has 8 fully saturated rings. The van der Waals surface area contributed by atoms with Crippen molar-refractivity contribution < 1.29 is 39.4 Å². The molecule has 8 nitrogen and oxygen atoms in total. The standard InChI is InChI=1S/C35H55ClO8/c1-17-14-19-26(30(4,5)36)44-35(43-19)25(17)31(6)12-13-34-16-33(34)11-10-22(42-27-24(39)23(38)18(37)15-41-27)29(2,3)20(33)8-9-21(34)32(31,7)28(35)40/h17-28,37-40H,8-16H2,1-7H3. The second-order valence-electron chi connectivity index (χ2n) is 18.2. The van der Waals surface area contributed by atoms with E-state index in [1.54, 1.807) is 0 Å². The van der Waals surface area contributed by atoms with E-state index in [0.717, 1.165) is 38.5 Å². The zero-order chi connectivity index (χ0) is 31.6. The first-order chi connectivity index (χ1) is 20.4. The molecule has 9 heteroatoms. The largest absolute Gasteiger partial charge is 0.388 e. The SMILES string of the molecule is CC1CC2OC3(OC2C(C)(C)Cl)C1C1(C)CCC24CC25CCC(OC2OCC(O)C(O)C2O)C(C)(C)C5CCC4C1(C)C3O. The van der Waals surface area contributed by atoms with Crippen molar-refractivity contribution in [3.05, 3.63) is 0 Å². The van der Waals surface area contributed by atoms with Gasteiger partial charge < -0.3 is 39.4 Å². The zero-order valence-electron chi connectivity index (χ0n) is 27.6. The molecule has 8 rings (SSSR count). The van der Waals surface area contributed by atoms with Gasteiger partial charge in [-0.15, -0.1) is 11.6 Å². The molecule has 5 saturated carbocycles. The van der Waals surface area contributed by atoms with E-state index >= 15 is 0 Å². The van der Waals surface area contributed by atoms with Crippen LogP contribution in [-0.2, 0) is 18.9 Å². The summed E-state index contributed by atoms with van der Waals surface area (Å²) in [7, 11) is 0. The van der Waals surface area contributed by atoms with Gasteiger partial charge in [0.2, 0.25) is 0 Å². The van der Waals surface area contributed by atoms with Crippen LogP contribution in [0.15, 0.2) is 0 Å². The van der Waals surface area contributed by atoms with Gasteiger partial charge in [0, 0.05) is 11.3 Å². The molecular formula is C35H55ClO8. The van der Waals surface area contributed by atoms with Gasteiger partial charge in [0.1, 0.15) is 30.5 Å². The summed E-state index contributed by atoms with van der Waals surface area (Å²) in [6, 6.07) is 0. The molecule has 2 bridgehead atoms. The molecule has 3 heterocycles. The molecule has 4 N–H and O–H groups in total. The maximum absolute atomic E-state index is 12.7. The van der Waals surface area contributed by atoms with Crippen LogP contribution in [0.3, 0.4) is 0 Å². The van der Waals surface area contributed by atoms with E-state index < -0.39 is 41.4 Å². The Balaban J connectivity index is 1.10. The number of alkyl halides is 1. The monoisotopic (exact) mass is 638 g/mol. The quantitative estimate of drug-likeness (QED) is 0.266. The Morgan fingerprint density at radius 3 is 2.25 bits per heavy atom. The van der Waals surface area contributed by atoms with Crippen molar-refractivity contribution in [1.82, 2.24) is 0 Å². The number of aliphatic hydroxyl groups is 4. The van der Waals surface area contributed by atoms with Crippen molar-refractivity contribution in [3.8, 4) is 0 Å². The van der Waals surface area contributed by atoms with Gasteiger partial charge in [0.15, 0.2) is 12.1 Å². The van der Waals surface area contributed by atoms with E-state index in [9.17, 15) is 20.4 Å². The summed E-state index contributed by atoms with van der Waals surface area (Å²) in [6.45, 7) is 15.8. The molecule has 0 amide bonds. The summed E-state index contributed by atoms with van der Waals surface area (Å²) in [5.74, 6) is 0.334. The van der Waals surface area contributed by atoms with Gasteiger partial charge in [-0.3, -0.25) is 0 Å². The highest BCUT2D eigenvalue weighted by Gasteiger charge is 2.88. The van der Waals surface area contributed by atoms with E-state index in [4.69, 9.17) is 30.5 Å². The Bertz CT molecular complexity index is 1210. The van der Waals surface area contributed by atoms with Gasteiger partial charge in [-0.05, 0) is 105 Å². The predicted octanol–water partition coefficient (Wildman–Crippen LogP) is 4.37. The minimum atomic E-state index is -1.28. The van der Waals surface area contributed by atoms with Crippen LogP contribution >= 0.6 is 11.6 Å². The molecule has 0 aromatic heterocycles. The van der Waals surface area contributed by atoms with Crippen LogP contribution in [0.2, 0.25) is 0 Å². The first-order valence-corrected chi connectivity index (χ1v) is 17.8. The van der Waals surface area contributed by atoms with Crippen molar-refractivity contribution in [2.45, 2.75) is 160 Å². The molecular weight excluding hydrogens is 584 g/mol. The highest BCUT2D eigenvalue weighted by Crippen LogP contribution is 2.90. The fourth-order valence-corrected chi connectivity index (χ4v) is 14.1. The molecule has 3 aliphatic heterocycles. The fraction of sp³-hybridized carbons (Fsp3) is 1.00. The van der Waals surface area contributed by atoms with Crippen LogP contribution < -0.4 is 0 Å². The lowest BCUT2D eigenvalue weighted by atomic mass is 9.41. The number of aliphatic hydroxyl groups excluding tert-OH is 4. The number of rotatable bonds is 3. The predicted molar refractivity (Wildman–Crippen MR) is 162 cm³/mol. The molecule has 0 aromatic carbocycles. The van der Waals surface area contributed by atoms with E-state index in [2.05, 4.69) is 34.6 Å². The third kappa shape index (κ3) is 3.45. The number of hydrogen-bond donors (Lipinski definition) is 4. The molecule has 17 atom stereocenters. The average Bonchev–Trinajstić information content (AvgIpc) is 3.45. The summed E-state index contributed by atoms with van der Waals surface area (Å²) < 4.78 is 26.0. The summed E-state index contributed by atoms with van der Waals surface area (Å²) in [5.41, 5.74) is -0.205. The third-order valence-corrected chi connectivity index (χ3v) is 16.1. The molecule has 3 spiro atoms. The van der Waals surface area contributed by atoms with Crippen molar-refractivity contribution in [2.75, 3.05) is 6.61 Å². The van der Waals surface area contributed by atoms with E-state index in [-0.39, 0.29) is 57.9 Å². The second kappa shape index (κ2) is 9.15. The van der Waals surface area contributed by atoms with Gasteiger partial charge >= 0.3 is 0 Å². The molecule has 250 valence electrons. The summed E-state index contributed by atoms with van der Waals surface area (Å²) in [4.78, 5) is -0.583. The van der Waals surface area contributed by atoms with Gasteiger partial charge in [-0.2, -0.15) is 0 Å². The lowest BCUT2D eigenvalue weighted by Crippen LogP contribution is -2.61. The fourth-order valence-electron chi connectivity index (χ4n) is 13.9. The Labute approximate surface area is 267 Å². The van der Waals surface area contributed by atoms with Crippen LogP contribution in [0.5, 0.6) is 0 Å². The van der Waals surface area contributed by atoms with Crippen LogP contribution in [0.4, 0.5) is 0 Å². The van der Waals surface area contributed by atoms with Gasteiger partial charge in [-0.1, -0.05) is 34.6 Å². The molecule has 0 aromatic rings. The van der Waals surface area contributed by atoms with Gasteiger partial charge in [-0.25, -0.2) is 0 Å². The first-order valence-electron chi connectivity index (χ1n) is 17.4. The van der Waals surface area contributed by atoms with Gasteiger partial charge in [0.25, 0.3) is 0 Å². The maximum Gasteiger partial charge on any atom is 0.199 e. The first kappa shape index (κ1) is 31.3. The summed E-state index contributed by atoms with van der Waals surface area (Å²) >= 11 is 6.91. The molecule has 17 unspecified atom stereocenters. The van der Waals surface area contributed by atoms with Crippen molar-refractivity contribution in [1.29, 1.82) is 0 Å². The molecule has 0 radical (unpaired) electrons. The normalized spacial score (nSPS) is 62.2. The Kier molecular flexibility index (Phi) is 6.50. The maximum atomic E-state index is 12.7. The Morgan fingerprint density at radius 1 is 0.864 bits per heavy atom. The van der Waals surface area contributed by atoms with Gasteiger partial charge in [0.05, 0.1) is 23.7 Å². The number of ether oxygens (including phenoxy) is 4. The zero-order valence-corrected chi connectivity index (χ0v) is 28.3. The van der Waals surface area contributed by atoms with Crippen molar-refractivity contribution >= 4 is 11.6 Å². The Hall–Kier alpha value is -0.0300. The number of halogens is 1.